The Hall–Kier alpha value is -0.220. The minimum absolute atomic E-state index is 0.0843. The van der Waals surface area contributed by atoms with Crippen LogP contribution in [0.25, 0.3) is 0 Å². The number of halogens is 2. The second-order valence-corrected chi connectivity index (χ2v) is 1.88. The smallest absolute Gasteiger partial charge is 0.261 e. The average Bonchev–Trinajstić information content (AvgIpc) is 1.60. The number of alkyl halides is 2. The number of ether oxygens (including phenoxy) is 2. The molecule has 0 unspecified atom stereocenters. The van der Waals surface area contributed by atoms with Crippen LogP contribution in [0, 0.1) is 0 Å². The summed E-state index contributed by atoms with van der Waals surface area (Å²) in [7, 11) is 0. The molecule has 2 nitrogen and oxygen atoms in total. The van der Waals surface area contributed by atoms with Crippen LogP contribution in [0.1, 0.15) is 0 Å². The molecular formula is C5H8F2O2. The van der Waals surface area contributed by atoms with Crippen molar-refractivity contribution in [2.75, 3.05) is 19.8 Å². The zero-order valence-corrected chi connectivity index (χ0v) is 4.85. The van der Waals surface area contributed by atoms with Crippen molar-refractivity contribution in [2.45, 2.75) is 12.5 Å². The summed E-state index contributed by atoms with van der Waals surface area (Å²) in [5, 5.41) is 0. The van der Waals surface area contributed by atoms with Gasteiger partial charge in [-0.05, 0) is 0 Å². The van der Waals surface area contributed by atoms with Crippen molar-refractivity contribution in [3.63, 3.8) is 0 Å². The van der Waals surface area contributed by atoms with Gasteiger partial charge in [-0.2, -0.15) is 0 Å². The van der Waals surface area contributed by atoms with Gasteiger partial charge in [0.1, 0.15) is 12.7 Å². The van der Waals surface area contributed by atoms with E-state index in [1.54, 1.807) is 0 Å². The first kappa shape index (κ1) is 6.89. The Morgan fingerprint density at radius 3 is 2.56 bits per heavy atom. The lowest BCUT2D eigenvalue weighted by molar-refractivity contribution is -0.147. The summed E-state index contributed by atoms with van der Waals surface area (Å²) in [5.74, 6) is 0. The third kappa shape index (κ3) is 2.24. The van der Waals surface area contributed by atoms with Crippen LogP contribution in [0.2, 0.25) is 0 Å². The summed E-state index contributed by atoms with van der Waals surface area (Å²) in [5.41, 5.74) is 0. The van der Waals surface area contributed by atoms with E-state index in [-0.39, 0.29) is 6.10 Å². The molecule has 0 aliphatic carbocycles. The molecule has 1 saturated heterocycles. The molecular weight excluding hydrogens is 130 g/mol. The summed E-state index contributed by atoms with van der Waals surface area (Å²) in [4.78, 5) is 0. The molecule has 1 fully saturated rings. The molecule has 1 aliphatic rings. The fraction of sp³-hybridized carbons (Fsp3) is 1.00. The molecule has 0 atom stereocenters. The van der Waals surface area contributed by atoms with Crippen LogP contribution in [0.4, 0.5) is 8.78 Å². The van der Waals surface area contributed by atoms with Crippen molar-refractivity contribution in [3.05, 3.63) is 0 Å². The Morgan fingerprint density at radius 2 is 2.22 bits per heavy atom. The summed E-state index contributed by atoms with van der Waals surface area (Å²) < 4.78 is 32.1. The molecule has 1 rings (SSSR count). The Kier molecular flexibility index (Phi) is 2.36. The second-order valence-electron chi connectivity index (χ2n) is 1.88. The first-order valence-electron chi connectivity index (χ1n) is 2.76. The Morgan fingerprint density at radius 1 is 1.56 bits per heavy atom. The first-order chi connectivity index (χ1) is 4.29. The predicted octanol–water partition coefficient (Wildman–Crippen LogP) is 0.667. The van der Waals surface area contributed by atoms with Gasteiger partial charge in [0.2, 0.25) is 0 Å². The lowest BCUT2D eigenvalue weighted by atomic mass is 10.3. The summed E-state index contributed by atoms with van der Waals surface area (Å²) in [6, 6.07) is 0. The van der Waals surface area contributed by atoms with Crippen molar-refractivity contribution in [1.82, 2.24) is 0 Å². The maximum atomic E-state index is 11.4. The second kappa shape index (κ2) is 3.08. The Balaban J connectivity index is 1.91. The van der Waals surface area contributed by atoms with Crippen molar-refractivity contribution in [3.8, 4) is 0 Å². The molecule has 0 aromatic carbocycles. The third-order valence-corrected chi connectivity index (χ3v) is 1.07. The van der Waals surface area contributed by atoms with Crippen LogP contribution in [0.5, 0.6) is 0 Å². The van der Waals surface area contributed by atoms with Crippen molar-refractivity contribution in [1.29, 1.82) is 0 Å². The monoisotopic (exact) mass is 138 g/mol. The molecule has 0 spiro atoms. The number of hydrogen-bond acceptors (Lipinski definition) is 2. The molecule has 0 saturated carbocycles. The van der Waals surface area contributed by atoms with Gasteiger partial charge in [0.25, 0.3) is 6.43 Å². The van der Waals surface area contributed by atoms with Crippen molar-refractivity contribution < 1.29 is 18.3 Å². The van der Waals surface area contributed by atoms with Gasteiger partial charge in [0, 0.05) is 0 Å². The van der Waals surface area contributed by atoms with Crippen molar-refractivity contribution >= 4 is 0 Å². The molecule has 0 bridgehead atoms. The lowest BCUT2D eigenvalue weighted by Crippen LogP contribution is -2.37. The fourth-order valence-electron chi connectivity index (χ4n) is 0.519. The summed E-state index contributed by atoms with van der Waals surface area (Å²) >= 11 is 0. The van der Waals surface area contributed by atoms with Gasteiger partial charge >= 0.3 is 0 Å². The van der Waals surface area contributed by atoms with E-state index >= 15 is 0 Å². The van der Waals surface area contributed by atoms with Crippen LogP contribution in [0.15, 0.2) is 0 Å². The van der Waals surface area contributed by atoms with E-state index in [4.69, 9.17) is 4.74 Å². The topological polar surface area (TPSA) is 18.5 Å². The highest BCUT2D eigenvalue weighted by Crippen LogP contribution is 2.06. The molecule has 0 aromatic rings. The predicted molar refractivity (Wildman–Crippen MR) is 26.6 cm³/mol. The standard InChI is InChI=1S/C5H8F2O2/c6-5(7)3-9-4-1-8-2-4/h4-5H,1-3H2. The van der Waals surface area contributed by atoms with Gasteiger partial charge < -0.3 is 9.47 Å². The van der Waals surface area contributed by atoms with Crippen LogP contribution in [-0.4, -0.2) is 32.4 Å². The highest BCUT2D eigenvalue weighted by Gasteiger charge is 2.19. The Labute approximate surface area is 51.8 Å². The van der Waals surface area contributed by atoms with E-state index in [9.17, 15) is 8.78 Å². The van der Waals surface area contributed by atoms with Gasteiger partial charge in [-0.25, -0.2) is 8.78 Å². The number of rotatable bonds is 3. The van der Waals surface area contributed by atoms with E-state index < -0.39 is 13.0 Å². The molecule has 1 heterocycles. The minimum atomic E-state index is -2.36. The van der Waals surface area contributed by atoms with Crippen LogP contribution < -0.4 is 0 Å². The Bertz CT molecular complexity index is 83.0. The minimum Gasteiger partial charge on any atom is -0.376 e. The van der Waals surface area contributed by atoms with Crippen molar-refractivity contribution in [2.24, 2.45) is 0 Å². The molecule has 4 heteroatoms. The van der Waals surface area contributed by atoms with E-state index in [1.165, 1.54) is 0 Å². The summed E-state index contributed by atoms with van der Waals surface area (Å²) in [6.45, 7) is 0.466. The molecule has 0 radical (unpaired) electrons. The third-order valence-electron chi connectivity index (χ3n) is 1.07. The van der Waals surface area contributed by atoms with Crippen LogP contribution >= 0.6 is 0 Å². The fourth-order valence-corrected chi connectivity index (χ4v) is 0.519. The zero-order chi connectivity index (χ0) is 6.69. The van der Waals surface area contributed by atoms with Gasteiger partial charge in [0.05, 0.1) is 13.2 Å². The normalized spacial score (nSPS) is 20.3. The van der Waals surface area contributed by atoms with Crippen LogP contribution in [0.3, 0.4) is 0 Å². The first-order valence-corrected chi connectivity index (χ1v) is 2.76. The molecule has 0 aromatic heterocycles. The summed E-state index contributed by atoms with van der Waals surface area (Å²) in [6.07, 6.45) is -2.44. The maximum Gasteiger partial charge on any atom is 0.261 e. The largest absolute Gasteiger partial charge is 0.376 e. The maximum absolute atomic E-state index is 11.4. The lowest BCUT2D eigenvalue weighted by Gasteiger charge is -2.25. The van der Waals surface area contributed by atoms with Gasteiger partial charge in [-0.15, -0.1) is 0 Å². The van der Waals surface area contributed by atoms with E-state index in [1.807, 2.05) is 0 Å². The molecule has 0 N–H and O–H groups in total. The van der Waals surface area contributed by atoms with Crippen LogP contribution in [-0.2, 0) is 9.47 Å². The SMILES string of the molecule is FC(F)COC1COC1. The van der Waals surface area contributed by atoms with Gasteiger partial charge in [-0.1, -0.05) is 0 Å². The zero-order valence-electron chi connectivity index (χ0n) is 4.85. The molecule has 1 aliphatic heterocycles. The quantitative estimate of drug-likeness (QED) is 0.570. The highest BCUT2D eigenvalue weighted by atomic mass is 19.3. The molecule has 54 valence electrons. The molecule has 9 heavy (non-hydrogen) atoms. The van der Waals surface area contributed by atoms with E-state index in [0.717, 1.165) is 0 Å². The van der Waals surface area contributed by atoms with E-state index in [2.05, 4.69) is 4.74 Å². The van der Waals surface area contributed by atoms with Gasteiger partial charge in [-0.3, -0.25) is 0 Å². The van der Waals surface area contributed by atoms with Gasteiger partial charge in [0.15, 0.2) is 0 Å². The van der Waals surface area contributed by atoms with E-state index in [0.29, 0.717) is 13.2 Å². The number of hydrogen-bond donors (Lipinski definition) is 0. The molecule has 0 amide bonds. The average molecular weight is 138 g/mol. The highest BCUT2D eigenvalue weighted by molar-refractivity contribution is 4.63.